The second kappa shape index (κ2) is 6.23. The Morgan fingerprint density at radius 1 is 1.62 bits per heavy atom. The van der Waals surface area contributed by atoms with E-state index in [9.17, 15) is 4.79 Å². The zero-order valence-corrected chi connectivity index (χ0v) is 11.3. The van der Waals surface area contributed by atoms with Crippen molar-refractivity contribution in [3.63, 3.8) is 0 Å². The van der Waals surface area contributed by atoms with E-state index in [-0.39, 0.29) is 11.8 Å². The topological polar surface area (TPSA) is 55.1 Å². The highest BCUT2D eigenvalue weighted by atomic mass is 79.9. The maximum absolute atomic E-state index is 11.7. The Morgan fingerprint density at radius 2 is 2.31 bits per heavy atom. The molecule has 3 N–H and O–H groups in total. The fraction of sp³-hybridized carbons (Fsp3) is 0.364. The standard InChI is InChI=1S/C11H14BrClN2O/c1-7(4-5-14)11(16)15-10-3-2-8(13)6-9(10)12/h2-3,6-7H,4-5,14H2,1H3,(H,15,16). The fourth-order valence-corrected chi connectivity index (χ4v) is 2.01. The molecule has 0 heterocycles. The van der Waals surface area contributed by atoms with E-state index in [1.165, 1.54) is 0 Å². The van der Waals surface area contributed by atoms with Gasteiger partial charge in [0, 0.05) is 15.4 Å². The normalized spacial score (nSPS) is 12.2. The van der Waals surface area contributed by atoms with E-state index < -0.39 is 0 Å². The van der Waals surface area contributed by atoms with Crippen molar-refractivity contribution in [2.45, 2.75) is 13.3 Å². The first-order valence-corrected chi connectivity index (χ1v) is 6.17. The van der Waals surface area contributed by atoms with Gasteiger partial charge in [0.1, 0.15) is 0 Å². The number of halogens is 2. The van der Waals surface area contributed by atoms with Gasteiger partial charge < -0.3 is 11.1 Å². The molecule has 0 aliphatic heterocycles. The lowest BCUT2D eigenvalue weighted by atomic mass is 10.1. The molecule has 0 saturated heterocycles. The molecule has 0 fully saturated rings. The van der Waals surface area contributed by atoms with Crippen LogP contribution in [0.3, 0.4) is 0 Å². The first-order valence-electron chi connectivity index (χ1n) is 5.00. The van der Waals surface area contributed by atoms with E-state index >= 15 is 0 Å². The van der Waals surface area contributed by atoms with Crippen molar-refractivity contribution in [3.05, 3.63) is 27.7 Å². The molecule has 1 rings (SSSR count). The molecule has 1 unspecified atom stereocenters. The molecule has 88 valence electrons. The third kappa shape index (κ3) is 3.77. The van der Waals surface area contributed by atoms with Crippen LogP contribution in [-0.4, -0.2) is 12.5 Å². The van der Waals surface area contributed by atoms with Gasteiger partial charge in [-0.3, -0.25) is 4.79 Å². The highest BCUT2D eigenvalue weighted by Gasteiger charge is 2.13. The van der Waals surface area contributed by atoms with Crippen LogP contribution in [0.5, 0.6) is 0 Å². The van der Waals surface area contributed by atoms with Crippen LogP contribution in [-0.2, 0) is 4.79 Å². The minimum Gasteiger partial charge on any atom is -0.330 e. The summed E-state index contributed by atoms with van der Waals surface area (Å²) in [4.78, 5) is 11.7. The van der Waals surface area contributed by atoms with Crippen molar-refractivity contribution in [2.75, 3.05) is 11.9 Å². The summed E-state index contributed by atoms with van der Waals surface area (Å²) in [5, 5.41) is 3.45. The maximum atomic E-state index is 11.7. The SMILES string of the molecule is CC(CCN)C(=O)Nc1ccc(Cl)cc1Br. The van der Waals surface area contributed by atoms with Crippen molar-refractivity contribution < 1.29 is 4.79 Å². The second-order valence-electron chi connectivity index (χ2n) is 3.59. The molecular weight excluding hydrogens is 291 g/mol. The number of anilines is 1. The van der Waals surface area contributed by atoms with Crippen molar-refractivity contribution in [1.82, 2.24) is 0 Å². The smallest absolute Gasteiger partial charge is 0.227 e. The molecule has 0 bridgehead atoms. The average Bonchev–Trinajstić information content (AvgIpc) is 2.22. The Kier molecular flexibility index (Phi) is 5.25. The van der Waals surface area contributed by atoms with Gasteiger partial charge in [-0.2, -0.15) is 0 Å². The van der Waals surface area contributed by atoms with E-state index in [1.807, 2.05) is 6.92 Å². The summed E-state index contributed by atoms with van der Waals surface area (Å²) in [5.41, 5.74) is 6.12. The highest BCUT2D eigenvalue weighted by Crippen LogP contribution is 2.26. The predicted molar refractivity (Wildman–Crippen MR) is 70.6 cm³/mol. The summed E-state index contributed by atoms with van der Waals surface area (Å²) in [6, 6.07) is 5.24. The van der Waals surface area contributed by atoms with Crippen LogP contribution in [0.2, 0.25) is 5.02 Å². The molecule has 0 radical (unpaired) electrons. The molecule has 0 saturated carbocycles. The van der Waals surface area contributed by atoms with Gasteiger partial charge in [-0.05, 0) is 47.1 Å². The first kappa shape index (κ1) is 13.5. The molecule has 1 aromatic carbocycles. The van der Waals surface area contributed by atoms with Gasteiger partial charge in [0.2, 0.25) is 5.91 Å². The molecule has 0 aromatic heterocycles. The van der Waals surface area contributed by atoms with Crippen molar-refractivity contribution in [2.24, 2.45) is 11.7 Å². The zero-order chi connectivity index (χ0) is 12.1. The van der Waals surface area contributed by atoms with Crippen LogP contribution in [0.1, 0.15) is 13.3 Å². The average molecular weight is 306 g/mol. The predicted octanol–water partition coefficient (Wildman–Crippen LogP) is 3.03. The van der Waals surface area contributed by atoms with Gasteiger partial charge in [0.05, 0.1) is 5.69 Å². The molecule has 16 heavy (non-hydrogen) atoms. The summed E-state index contributed by atoms with van der Waals surface area (Å²) in [7, 11) is 0. The summed E-state index contributed by atoms with van der Waals surface area (Å²) < 4.78 is 0.772. The largest absolute Gasteiger partial charge is 0.330 e. The van der Waals surface area contributed by atoms with E-state index in [0.717, 1.165) is 10.2 Å². The number of hydrogen-bond acceptors (Lipinski definition) is 2. The number of nitrogens with one attached hydrogen (secondary N) is 1. The number of carbonyl (C=O) groups excluding carboxylic acids is 1. The van der Waals surface area contributed by atoms with Gasteiger partial charge in [-0.25, -0.2) is 0 Å². The Morgan fingerprint density at radius 3 is 2.88 bits per heavy atom. The minimum atomic E-state index is -0.0902. The summed E-state index contributed by atoms with van der Waals surface area (Å²) >= 11 is 9.15. The fourth-order valence-electron chi connectivity index (χ4n) is 1.23. The number of nitrogens with two attached hydrogens (primary N) is 1. The number of benzene rings is 1. The lowest BCUT2D eigenvalue weighted by molar-refractivity contribution is -0.119. The first-order chi connectivity index (χ1) is 7.54. The van der Waals surface area contributed by atoms with Crippen molar-refractivity contribution in [3.8, 4) is 0 Å². The van der Waals surface area contributed by atoms with Gasteiger partial charge in [0.15, 0.2) is 0 Å². The highest BCUT2D eigenvalue weighted by molar-refractivity contribution is 9.10. The Balaban J connectivity index is 2.69. The molecule has 1 amide bonds. The molecule has 0 aliphatic rings. The zero-order valence-electron chi connectivity index (χ0n) is 8.97. The molecule has 1 atom stereocenters. The Bertz CT molecular complexity index is 384. The second-order valence-corrected chi connectivity index (χ2v) is 4.88. The molecule has 5 heteroatoms. The molecule has 0 aliphatic carbocycles. The van der Waals surface area contributed by atoms with Crippen LogP contribution >= 0.6 is 27.5 Å². The van der Waals surface area contributed by atoms with Crippen LogP contribution in [0, 0.1) is 5.92 Å². The molecule has 0 spiro atoms. The summed E-state index contributed by atoms with van der Waals surface area (Å²) in [5.74, 6) is -0.124. The van der Waals surface area contributed by atoms with Gasteiger partial charge in [-0.1, -0.05) is 18.5 Å². The molecule has 1 aromatic rings. The monoisotopic (exact) mass is 304 g/mol. The quantitative estimate of drug-likeness (QED) is 0.898. The Hall–Kier alpha value is -0.580. The number of hydrogen-bond donors (Lipinski definition) is 2. The van der Waals surface area contributed by atoms with Gasteiger partial charge in [-0.15, -0.1) is 0 Å². The van der Waals surface area contributed by atoms with Crippen LogP contribution in [0.15, 0.2) is 22.7 Å². The third-order valence-electron chi connectivity index (χ3n) is 2.24. The lowest BCUT2D eigenvalue weighted by Gasteiger charge is -2.12. The summed E-state index contributed by atoms with van der Waals surface area (Å²) in [6.07, 6.45) is 0.678. The number of amides is 1. The van der Waals surface area contributed by atoms with E-state index in [4.69, 9.17) is 17.3 Å². The van der Waals surface area contributed by atoms with Crippen LogP contribution in [0.25, 0.3) is 0 Å². The lowest BCUT2D eigenvalue weighted by Crippen LogP contribution is -2.22. The van der Waals surface area contributed by atoms with Gasteiger partial charge >= 0.3 is 0 Å². The van der Waals surface area contributed by atoms with Crippen LogP contribution < -0.4 is 11.1 Å². The molecule has 3 nitrogen and oxygen atoms in total. The van der Waals surface area contributed by atoms with E-state index in [1.54, 1.807) is 18.2 Å². The van der Waals surface area contributed by atoms with Crippen molar-refractivity contribution in [1.29, 1.82) is 0 Å². The number of carbonyl (C=O) groups is 1. The van der Waals surface area contributed by atoms with Gasteiger partial charge in [0.25, 0.3) is 0 Å². The van der Waals surface area contributed by atoms with E-state index in [0.29, 0.717) is 18.0 Å². The molecular formula is C11H14BrClN2O. The summed E-state index contributed by atoms with van der Waals surface area (Å²) in [6.45, 7) is 2.36. The maximum Gasteiger partial charge on any atom is 0.227 e. The number of rotatable bonds is 4. The van der Waals surface area contributed by atoms with Crippen LogP contribution in [0.4, 0.5) is 5.69 Å². The Labute approximate surface area is 108 Å². The van der Waals surface area contributed by atoms with Crippen molar-refractivity contribution >= 4 is 39.1 Å². The third-order valence-corrected chi connectivity index (χ3v) is 3.13. The minimum absolute atomic E-state index is 0.0338. The van der Waals surface area contributed by atoms with E-state index in [2.05, 4.69) is 21.2 Å².